The Morgan fingerprint density at radius 2 is 2.29 bits per heavy atom. The lowest BCUT2D eigenvalue weighted by Crippen LogP contribution is -2.15. The summed E-state index contributed by atoms with van der Waals surface area (Å²) in [7, 11) is 0. The van der Waals surface area contributed by atoms with Crippen molar-refractivity contribution in [1.82, 2.24) is 0 Å². The Kier molecular flexibility index (Phi) is 3.29. The highest BCUT2D eigenvalue weighted by molar-refractivity contribution is 5.95. The summed E-state index contributed by atoms with van der Waals surface area (Å²) in [4.78, 5) is 11.8. The molecule has 0 bridgehead atoms. The van der Waals surface area contributed by atoms with E-state index in [-0.39, 0.29) is 18.4 Å². The molecule has 1 fully saturated rings. The van der Waals surface area contributed by atoms with Crippen LogP contribution in [0.3, 0.4) is 0 Å². The average molecular weight is 230 g/mol. The van der Waals surface area contributed by atoms with Gasteiger partial charge in [-0.05, 0) is 24.5 Å². The molecule has 2 rings (SSSR count). The van der Waals surface area contributed by atoms with Crippen LogP contribution in [0.15, 0.2) is 24.3 Å². The summed E-state index contributed by atoms with van der Waals surface area (Å²) in [6.07, 6.45) is 0.951. The van der Waals surface area contributed by atoms with Crippen molar-refractivity contribution in [3.63, 3.8) is 0 Å². The monoisotopic (exact) mass is 230 g/mol. The lowest BCUT2D eigenvalue weighted by molar-refractivity contribution is -0.117. The fraction of sp³-hybridized carbons (Fsp3) is 0.385. The highest BCUT2D eigenvalue weighted by atomic mass is 16.5. The maximum Gasteiger partial charge on any atom is 0.227 e. The summed E-state index contributed by atoms with van der Waals surface area (Å²) in [5.41, 5.74) is 0.631. The number of hydrogen-bond acceptors (Lipinski definition) is 3. The van der Waals surface area contributed by atoms with Crippen LogP contribution in [0.5, 0.6) is 5.75 Å². The van der Waals surface area contributed by atoms with Gasteiger partial charge in [-0.3, -0.25) is 4.79 Å². The summed E-state index contributed by atoms with van der Waals surface area (Å²) in [5, 5.41) is 11.3. The highest BCUT2D eigenvalue weighted by Crippen LogP contribution is 2.39. The predicted molar refractivity (Wildman–Crippen MR) is 63.5 cm³/mol. The van der Waals surface area contributed by atoms with Gasteiger partial charge in [-0.15, -0.1) is 0 Å². The lowest BCUT2D eigenvalue weighted by atomic mass is 10.2. The second-order valence-corrected chi connectivity index (χ2v) is 4.25. The summed E-state index contributed by atoms with van der Waals surface area (Å²) in [5.74, 6) is 1.17. The van der Waals surface area contributed by atoms with E-state index in [2.05, 4.69) is 12.2 Å². The summed E-state index contributed by atoms with van der Waals surface area (Å²) in [6.45, 7) is 2.04. The number of nitrogens with one attached hydrogen (secondary N) is 1. The smallest absolute Gasteiger partial charge is 0.227 e. The topological polar surface area (TPSA) is 62.1 Å². The number of anilines is 1. The maximum absolute atomic E-state index is 11.8. The van der Waals surface area contributed by atoms with Crippen LogP contribution in [0.2, 0.25) is 0 Å². The van der Waals surface area contributed by atoms with E-state index in [1.165, 1.54) is 0 Å². The van der Waals surface area contributed by atoms with Gasteiger partial charge in [0.1, 0.15) is 11.8 Å². The molecule has 2 unspecified atom stereocenters. The van der Waals surface area contributed by atoms with E-state index in [1.54, 1.807) is 12.1 Å². The van der Waals surface area contributed by atoms with Crippen molar-refractivity contribution in [2.24, 2.45) is 11.8 Å². The zero-order valence-electron chi connectivity index (χ0n) is 9.64. The molecule has 4 heteroatoms. The van der Waals surface area contributed by atoms with E-state index < -0.39 is 0 Å². The largest absolute Gasteiger partial charge is 0.477 e. The van der Waals surface area contributed by atoms with Crippen LogP contribution < -0.4 is 10.1 Å². The van der Waals surface area contributed by atoms with Crippen molar-refractivity contribution in [2.75, 3.05) is 11.9 Å². The molecule has 1 aromatic carbocycles. The second-order valence-electron chi connectivity index (χ2n) is 4.25. The molecule has 1 amide bonds. The third-order valence-electron chi connectivity index (χ3n) is 2.88. The molecular formula is C13H14N2O2. The first-order chi connectivity index (χ1) is 8.22. The van der Waals surface area contributed by atoms with Crippen LogP contribution in [-0.4, -0.2) is 12.5 Å². The Morgan fingerprint density at radius 3 is 2.94 bits per heavy atom. The molecule has 4 nitrogen and oxygen atoms in total. The molecule has 0 saturated heterocycles. The number of nitriles is 1. The number of amides is 1. The van der Waals surface area contributed by atoms with E-state index in [4.69, 9.17) is 10.00 Å². The minimum Gasteiger partial charge on any atom is -0.477 e. The van der Waals surface area contributed by atoms with Gasteiger partial charge in [-0.25, -0.2) is 0 Å². The Morgan fingerprint density at radius 1 is 1.59 bits per heavy atom. The fourth-order valence-corrected chi connectivity index (χ4v) is 1.72. The first-order valence-corrected chi connectivity index (χ1v) is 5.62. The van der Waals surface area contributed by atoms with Gasteiger partial charge in [-0.1, -0.05) is 19.1 Å². The van der Waals surface area contributed by atoms with Crippen molar-refractivity contribution < 1.29 is 9.53 Å². The SMILES string of the molecule is CC1CC1C(=O)Nc1ccccc1OCC#N. The van der Waals surface area contributed by atoms with Gasteiger partial charge >= 0.3 is 0 Å². The van der Waals surface area contributed by atoms with Gasteiger partial charge in [-0.2, -0.15) is 5.26 Å². The van der Waals surface area contributed by atoms with E-state index in [0.29, 0.717) is 17.4 Å². The maximum atomic E-state index is 11.8. The van der Waals surface area contributed by atoms with E-state index in [1.807, 2.05) is 18.2 Å². The fourth-order valence-electron chi connectivity index (χ4n) is 1.72. The van der Waals surface area contributed by atoms with Gasteiger partial charge in [0.15, 0.2) is 6.61 Å². The molecule has 1 aromatic rings. The van der Waals surface area contributed by atoms with Crippen LogP contribution in [-0.2, 0) is 4.79 Å². The zero-order chi connectivity index (χ0) is 12.3. The van der Waals surface area contributed by atoms with E-state index in [0.717, 1.165) is 6.42 Å². The highest BCUT2D eigenvalue weighted by Gasteiger charge is 2.39. The van der Waals surface area contributed by atoms with Crippen LogP contribution >= 0.6 is 0 Å². The number of nitrogens with zero attached hydrogens (tertiary/aromatic N) is 1. The quantitative estimate of drug-likeness (QED) is 0.862. The van der Waals surface area contributed by atoms with Gasteiger partial charge in [0.2, 0.25) is 5.91 Å². The number of carbonyl (C=O) groups excluding carboxylic acids is 1. The van der Waals surface area contributed by atoms with Gasteiger partial charge < -0.3 is 10.1 Å². The van der Waals surface area contributed by atoms with Crippen LogP contribution in [0.25, 0.3) is 0 Å². The molecule has 88 valence electrons. The molecule has 2 atom stereocenters. The lowest BCUT2D eigenvalue weighted by Gasteiger charge is -2.10. The molecule has 0 heterocycles. The molecular weight excluding hydrogens is 216 g/mol. The second kappa shape index (κ2) is 4.88. The normalized spacial score (nSPS) is 21.4. The third-order valence-corrected chi connectivity index (χ3v) is 2.88. The molecule has 1 aliphatic rings. The summed E-state index contributed by atoms with van der Waals surface area (Å²) < 4.78 is 5.24. The Balaban J connectivity index is 2.04. The number of hydrogen-bond donors (Lipinski definition) is 1. The van der Waals surface area contributed by atoms with Crippen molar-refractivity contribution in [2.45, 2.75) is 13.3 Å². The van der Waals surface area contributed by atoms with Gasteiger partial charge in [0, 0.05) is 5.92 Å². The Hall–Kier alpha value is -2.02. The molecule has 0 aliphatic heterocycles. The molecule has 1 N–H and O–H groups in total. The Bertz CT molecular complexity index is 465. The molecule has 1 saturated carbocycles. The van der Waals surface area contributed by atoms with E-state index in [9.17, 15) is 4.79 Å². The number of benzene rings is 1. The van der Waals surface area contributed by atoms with Crippen LogP contribution in [0.1, 0.15) is 13.3 Å². The van der Waals surface area contributed by atoms with Gasteiger partial charge in [0.25, 0.3) is 0 Å². The van der Waals surface area contributed by atoms with Crippen molar-refractivity contribution in [1.29, 1.82) is 5.26 Å². The Labute approximate surface area is 100 Å². The van der Waals surface area contributed by atoms with Crippen LogP contribution in [0, 0.1) is 23.2 Å². The van der Waals surface area contributed by atoms with Crippen molar-refractivity contribution >= 4 is 11.6 Å². The standard InChI is InChI=1S/C13H14N2O2/c1-9-8-10(9)13(16)15-11-4-2-3-5-12(11)17-7-6-14/h2-5,9-10H,7-8H2,1H3,(H,15,16). The van der Waals surface area contributed by atoms with Crippen molar-refractivity contribution in [3.05, 3.63) is 24.3 Å². The average Bonchev–Trinajstić information content (AvgIpc) is 3.05. The van der Waals surface area contributed by atoms with Crippen LogP contribution in [0.4, 0.5) is 5.69 Å². The van der Waals surface area contributed by atoms with Gasteiger partial charge in [0.05, 0.1) is 5.69 Å². The number of rotatable bonds is 4. The minimum atomic E-state index is -0.0211. The molecule has 17 heavy (non-hydrogen) atoms. The molecule has 0 aromatic heterocycles. The minimum absolute atomic E-state index is 0.0211. The zero-order valence-corrected chi connectivity index (χ0v) is 9.64. The predicted octanol–water partition coefficient (Wildman–Crippen LogP) is 2.18. The number of para-hydroxylation sites is 2. The molecule has 0 radical (unpaired) electrons. The number of ether oxygens (including phenoxy) is 1. The molecule has 1 aliphatic carbocycles. The van der Waals surface area contributed by atoms with Crippen molar-refractivity contribution in [3.8, 4) is 11.8 Å². The van der Waals surface area contributed by atoms with E-state index >= 15 is 0 Å². The third kappa shape index (κ3) is 2.76. The number of carbonyl (C=O) groups is 1. The summed E-state index contributed by atoms with van der Waals surface area (Å²) >= 11 is 0. The first-order valence-electron chi connectivity index (χ1n) is 5.62. The first kappa shape index (κ1) is 11.5. The molecule has 0 spiro atoms. The summed E-state index contributed by atoms with van der Waals surface area (Å²) in [6, 6.07) is 9.05.